The van der Waals surface area contributed by atoms with Gasteiger partial charge in [0, 0.05) is 6.04 Å². The Balaban J connectivity index is 2.09. The third kappa shape index (κ3) is 3.25. The maximum atomic E-state index is 9.24. The molecule has 2 aromatic carbocycles. The summed E-state index contributed by atoms with van der Waals surface area (Å²) in [5.74, 6) is 1.09. The Hall–Kier alpha value is -2.00. The van der Waals surface area contributed by atoms with Crippen molar-refractivity contribution in [3.8, 4) is 22.6 Å². The van der Waals surface area contributed by atoms with Crippen LogP contribution in [0.5, 0.6) is 11.5 Å². The summed E-state index contributed by atoms with van der Waals surface area (Å²) in [6.07, 6.45) is 0. The zero-order valence-electron chi connectivity index (χ0n) is 10.3. The van der Waals surface area contributed by atoms with Crippen LogP contribution >= 0.6 is 0 Å². The molecule has 0 aromatic heterocycles. The third-order valence-corrected chi connectivity index (χ3v) is 2.57. The highest BCUT2D eigenvalue weighted by Gasteiger charge is 2.00. The molecule has 3 N–H and O–H groups in total. The summed E-state index contributed by atoms with van der Waals surface area (Å²) in [6, 6.07) is 15.0. The van der Waals surface area contributed by atoms with Gasteiger partial charge in [-0.15, -0.1) is 0 Å². The molecule has 0 aliphatic carbocycles. The van der Waals surface area contributed by atoms with Crippen LogP contribution in [0.3, 0.4) is 0 Å². The molecule has 0 aliphatic heterocycles. The number of benzene rings is 2. The largest absolute Gasteiger partial charge is 0.508 e. The number of nitrogens with two attached hydrogens (primary N) is 1. The predicted molar refractivity (Wildman–Crippen MR) is 72.7 cm³/mol. The Morgan fingerprint density at radius 3 is 2.00 bits per heavy atom. The van der Waals surface area contributed by atoms with Crippen LogP contribution in [-0.2, 0) is 0 Å². The first-order chi connectivity index (χ1) is 8.65. The maximum absolute atomic E-state index is 9.24. The van der Waals surface area contributed by atoms with Gasteiger partial charge in [0.25, 0.3) is 0 Å². The highest BCUT2D eigenvalue weighted by atomic mass is 16.5. The van der Waals surface area contributed by atoms with Gasteiger partial charge in [-0.05, 0) is 42.3 Å². The minimum Gasteiger partial charge on any atom is -0.508 e. The molecule has 0 amide bonds. The molecule has 0 spiro atoms. The van der Waals surface area contributed by atoms with Gasteiger partial charge in [0.2, 0.25) is 0 Å². The number of ether oxygens (including phenoxy) is 1. The average Bonchev–Trinajstić information content (AvgIpc) is 2.38. The van der Waals surface area contributed by atoms with E-state index in [0.29, 0.717) is 6.61 Å². The Kier molecular flexibility index (Phi) is 3.85. The van der Waals surface area contributed by atoms with E-state index < -0.39 is 0 Å². The van der Waals surface area contributed by atoms with E-state index in [1.807, 2.05) is 43.3 Å². The number of aromatic hydroxyl groups is 1. The van der Waals surface area contributed by atoms with E-state index in [4.69, 9.17) is 10.5 Å². The summed E-state index contributed by atoms with van der Waals surface area (Å²) in [5, 5.41) is 9.24. The minimum atomic E-state index is 0.0294. The van der Waals surface area contributed by atoms with Gasteiger partial charge in [0.05, 0.1) is 0 Å². The Labute approximate surface area is 107 Å². The molecule has 0 saturated carbocycles. The molecule has 94 valence electrons. The lowest BCUT2D eigenvalue weighted by Gasteiger charge is -2.09. The highest BCUT2D eigenvalue weighted by Crippen LogP contribution is 2.24. The molecule has 0 aliphatic rings. The quantitative estimate of drug-likeness (QED) is 0.868. The van der Waals surface area contributed by atoms with Gasteiger partial charge in [-0.3, -0.25) is 0 Å². The van der Waals surface area contributed by atoms with E-state index in [9.17, 15) is 5.11 Å². The molecule has 2 aromatic rings. The summed E-state index contributed by atoms with van der Waals surface area (Å²) in [7, 11) is 0. The van der Waals surface area contributed by atoms with Crippen molar-refractivity contribution in [3.63, 3.8) is 0 Å². The van der Waals surface area contributed by atoms with Crippen molar-refractivity contribution >= 4 is 0 Å². The standard InChI is InChI=1S/C15H17NO2/c1-11(16)10-18-15-8-4-13(5-9-15)12-2-6-14(17)7-3-12/h2-9,11,17H,10,16H2,1H3. The first-order valence-electron chi connectivity index (χ1n) is 5.93. The number of rotatable bonds is 4. The number of phenols is 1. The topological polar surface area (TPSA) is 55.5 Å². The Morgan fingerprint density at radius 2 is 1.50 bits per heavy atom. The Morgan fingerprint density at radius 1 is 1.00 bits per heavy atom. The van der Waals surface area contributed by atoms with E-state index in [1.54, 1.807) is 12.1 Å². The Bertz CT molecular complexity index is 489. The summed E-state index contributed by atoms with van der Waals surface area (Å²) in [4.78, 5) is 0. The monoisotopic (exact) mass is 243 g/mol. The second-order valence-corrected chi connectivity index (χ2v) is 4.36. The van der Waals surface area contributed by atoms with Crippen LogP contribution in [-0.4, -0.2) is 17.8 Å². The first-order valence-corrected chi connectivity index (χ1v) is 5.93. The van der Waals surface area contributed by atoms with Crippen molar-refractivity contribution in [1.82, 2.24) is 0 Å². The highest BCUT2D eigenvalue weighted by molar-refractivity contribution is 5.64. The van der Waals surface area contributed by atoms with Crippen molar-refractivity contribution in [2.45, 2.75) is 13.0 Å². The SMILES string of the molecule is CC(N)COc1ccc(-c2ccc(O)cc2)cc1. The smallest absolute Gasteiger partial charge is 0.119 e. The summed E-state index contributed by atoms with van der Waals surface area (Å²) in [6.45, 7) is 2.42. The number of hydrogen-bond donors (Lipinski definition) is 2. The molecule has 0 heterocycles. The summed E-state index contributed by atoms with van der Waals surface area (Å²) in [5.41, 5.74) is 7.77. The fourth-order valence-corrected chi connectivity index (χ4v) is 1.63. The van der Waals surface area contributed by atoms with Gasteiger partial charge in [-0.2, -0.15) is 0 Å². The van der Waals surface area contributed by atoms with Crippen molar-refractivity contribution in [2.24, 2.45) is 5.73 Å². The zero-order valence-corrected chi connectivity index (χ0v) is 10.3. The van der Waals surface area contributed by atoms with Crippen LogP contribution in [0.1, 0.15) is 6.92 Å². The molecular weight excluding hydrogens is 226 g/mol. The van der Waals surface area contributed by atoms with Crippen LogP contribution in [0.15, 0.2) is 48.5 Å². The predicted octanol–water partition coefficient (Wildman–Crippen LogP) is 2.79. The molecular formula is C15H17NO2. The van der Waals surface area contributed by atoms with Crippen molar-refractivity contribution in [1.29, 1.82) is 0 Å². The molecule has 18 heavy (non-hydrogen) atoms. The van der Waals surface area contributed by atoms with Gasteiger partial charge >= 0.3 is 0 Å². The molecule has 0 fully saturated rings. The lowest BCUT2D eigenvalue weighted by atomic mass is 10.1. The van der Waals surface area contributed by atoms with Gasteiger partial charge in [-0.25, -0.2) is 0 Å². The minimum absolute atomic E-state index is 0.0294. The van der Waals surface area contributed by atoms with Crippen LogP contribution < -0.4 is 10.5 Å². The molecule has 0 radical (unpaired) electrons. The van der Waals surface area contributed by atoms with Crippen LogP contribution in [0.25, 0.3) is 11.1 Å². The first kappa shape index (κ1) is 12.5. The number of hydrogen-bond acceptors (Lipinski definition) is 3. The fourth-order valence-electron chi connectivity index (χ4n) is 1.63. The van der Waals surface area contributed by atoms with Gasteiger partial charge in [-0.1, -0.05) is 24.3 Å². The van der Waals surface area contributed by atoms with E-state index in [0.717, 1.165) is 16.9 Å². The zero-order chi connectivity index (χ0) is 13.0. The van der Waals surface area contributed by atoms with E-state index in [1.165, 1.54) is 0 Å². The van der Waals surface area contributed by atoms with Crippen molar-refractivity contribution < 1.29 is 9.84 Å². The fraction of sp³-hybridized carbons (Fsp3) is 0.200. The van der Waals surface area contributed by atoms with Crippen LogP contribution in [0.4, 0.5) is 0 Å². The molecule has 3 heteroatoms. The molecule has 0 saturated heterocycles. The van der Waals surface area contributed by atoms with Gasteiger partial charge in [0.15, 0.2) is 0 Å². The third-order valence-electron chi connectivity index (χ3n) is 2.57. The lowest BCUT2D eigenvalue weighted by molar-refractivity contribution is 0.296. The maximum Gasteiger partial charge on any atom is 0.119 e. The van der Waals surface area contributed by atoms with E-state index >= 15 is 0 Å². The normalized spacial score (nSPS) is 12.1. The molecule has 1 unspecified atom stereocenters. The van der Waals surface area contributed by atoms with E-state index in [2.05, 4.69) is 0 Å². The van der Waals surface area contributed by atoms with E-state index in [-0.39, 0.29) is 11.8 Å². The van der Waals surface area contributed by atoms with Crippen molar-refractivity contribution in [2.75, 3.05) is 6.61 Å². The second kappa shape index (κ2) is 5.56. The average molecular weight is 243 g/mol. The molecule has 1 atom stereocenters. The van der Waals surface area contributed by atoms with Gasteiger partial charge in [0.1, 0.15) is 18.1 Å². The summed E-state index contributed by atoms with van der Waals surface area (Å²) < 4.78 is 5.51. The van der Waals surface area contributed by atoms with Crippen LogP contribution in [0.2, 0.25) is 0 Å². The lowest BCUT2D eigenvalue weighted by Crippen LogP contribution is -2.23. The summed E-state index contributed by atoms with van der Waals surface area (Å²) >= 11 is 0. The molecule has 0 bridgehead atoms. The second-order valence-electron chi connectivity index (χ2n) is 4.36. The van der Waals surface area contributed by atoms with Crippen LogP contribution in [0, 0.1) is 0 Å². The molecule has 3 nitrogen and oxygen atoms in total. The van der Waals surface area contributed by atoms with Gasteiger partial charge < -0.3 is 15.6 Å². The molecule has 2 rings (SSSR count). The van der Waals surface area contributed by atoms with Crippen molar-refractivity contribution in [3.05, 3.63) is 48.5 Å². The number of phenolic OH excluding ortho intramolecular Hbond substituents is 1.